The van der Waals surface area contributed by atoms with E-state index in [9.17, 15) is 0 Å². The van der Waals surface area contributed by atoms with Crippen molar-refractivity contribution in [2.75, 3.05) is 13.1 Å². The second kappa shape index (κ2) is 2.97. The lowest BCUT2D eigenvalue weighted by atomic mass is 9.71. The number of hydrogen-bond donors (Lipinski definition) is 2. The summed E-state index contributed by atoms with van der Waals surface area (Å²) in [6, 6.07) is 0.449. The molecule has 1 saturated heterocycles. The van der Waals surface area contributed by atoms with Crippen molar-refractivity contribution in [2.24, 2.45) is 11.1 Å². The molecule has 2 heterocycles. The summed E-state index contributed by atoms with van der Waals surface area (Å²) in [5, 5.41) is 3.62. The largest absolute Gasteiger partial charge is 0.360 e. The predicted molar refractivity (Wildman–Crippen MR) is 56.5 cm³/mol. The standard InChI is InChI=1S/C11H19N3/c12-9-1-3-11(4-2-9)5-7-14-8-6-13-10(11)14/h5,7,9-10,13H,1-4,6,8,12H2. The second-order valence-corrected chi connectivity index (χ2v) is 4.98. The maximum Gasteiger partial charge on any atom is 0.0884 e. The summed E-state index contributed by atoms with van der Waals surface area (Å²) < 4.78 is 0. The molecule has 0 amide bonds. The Morgan fingerprint density at radius 2 is 2.14 bits per heavy atom. The van der Waals surface area contributed by atoms with Crippen molar-refractivity contribution >= 4 is 0 Å². The first kappa shape index (κ1) is 8.74. The zero-order valence-corrected chi connectivity index (χ0v) is 8.58. The van der Waals surface area contributed by atoms with Crippen LogP contribution in [0.5, 0.6) is 0 Å². The summed E-state index contributed by atoms with van der Waals surface area (Å²) in [6.07, 6.45) is 10.2. The van der Waals surface area contributed by atoms with Gasteiger partial charge in [0.2, 0.25) is 0 Å². The average molecular weight is 193 g/mol. The van der Waals surface area contributed by atoms with Crippen LogP contribution in [0, 0.1) is 5.41 Å². The Kier molecular flexibility index (Phi) is 1.86. The molecule has 3 rings (SSSR count). The molecule has 2 aliphatic heterocycles. The van der Waals surface area contributed by atoms with Gasteiger partial charge in [-0.25, -0.2) is 0 Å². The van der Waals surface area contributed by atoms with Crippen molar-refractivity contribution in [3.63, 3.8) is 0 Å². The average Bonchev–Trinajstić information content (AvgIpc) is 2.75. The normalized spacial score (nSPS) is 46.2. The van der Waals surface area contributed by atoms with Gasteiger partial charge >= 0.3 is 0 Å². The van der Waals surface area contributed by atoms with Crippen molar-refractivity contribution in [3.8, 4) is 0 Å². The molecule has 0 radical (unpaired) electrons. The van der Waals surface area contributed by atoms with Gasteiger partial charge < -0.3 is 10.6 Å². The molecule has 0 aromatic heterocycles. The number of nitrogens with two attached hydrogens (primary N) is 1. The van der Waals surface area contributed by atoms with E-state index < -0.39 is 0 Å². The SMILES string of the molecule is NC1CCC2(C=CN3CCNC32)CC1. The van der Waals surface area contributed by atoms with E-state index in [1.165, 1.54) is 32.2 Å². The molecule has 3 nitrogen and oxygen atoms in total. The van der Waals surface area contributed by atoms with Gasteiger partial charge in [0.15, 0.2) is 0 Å². The number of fused-ring (bicyclic) bond motifs is 2. The first-order chi connectivity index (χ1) is 6.80. The van der Waals surface area contributed by atoms with E-state index in [0.717, 1.165) is 6.54 Å². The highest BCUT2D eigenvalue weighted by Gasteiger charge is 2.46. The first-order valence-electron chi connectivity index (χ1n) is 5.74. The highest BCUT2D eigenvalue weighted by molar-refractivity contribution is 5.16. The molecule has 14 heavy (non-hydrogen) atoms. The van der Waals surface area contributed by atoms with Crippen LogP contribution in [0.2, 0.25) is 0 Å². The van der Waals surface area contributed by atoms with Gasteiger partial charge in [-0.15, -0.1) is 0 Å². The molecule has 1 aliphatic carbocycles. The van der Waals surface area contributed by atoms with Gasteiger partial charge in [-0.3, -0.25) is 5.32 Å². The zero-order chi connectivity index (χ0) is 9.60. The van der Waals surface area contributed by atoms with Crippen molar-refractivity contribution in [2.45, 2.75) is 37.9 Å². The smallest absolute Gasteiger partial charge is 0.0884 e. The van der Waals surface area contributed by atoms with Crippen LogP contribution in [-0.4, -0.2) is 30.2 Å². The van der Waals surface area contributed by atoms with Gasteiger partial charge in [0.1, 0.15) is 0 Å². The van der Waals surface area contributed by atoms with Crippen LogP contribution in [-0.2, 0) is 0 Å². The third-order valence-electron chi connectivity index (χ3n) is 4.14. The summed E-state index contributed by atoms with van der Waals surface area (Å²) >= 11 is 0. The van der Waals surface area contributed by atoms with Crippen molar-refractivity contribution < 1.29 is 0 Å². The fourth-order valence-electron chi connectivity index (χ4n) is 3.22. The maximum absolute atomic E-state index is 5.96. The summed E-state index contributed by atoms with van der Waals surface area (Å²) in [4.78, 5) is 2.46. The molecule has 0 bridgehead atoms. The Hall–Kier alpha value is -0.540. The Morgan fingerprint density at radius 3 is 2.93 bits per heavy atom. The van der Waals surface area contributed by atoms with E-state index in [2.05, 4.69) is 22.5 Å². The highest BCUT2D eigenvalue weighted by Crippen LogP contribution is 2.45. The summed E-state index contributed by atoms with van der Waals surface area (Å²) in [7, 11) is 0. The third-order valence-corrected chi connectivity index (χ3v) is 4.14. The van der Waals surface area contributed by atoms with Crippen molar-refractivity contribution in [3.05, 3.63) is 12.3 Å². The van der Waals surface area contributed by atoms with Gasteiger partial charge in [-0.2, -0.15) is 0 Å². The van der Waals surface area contributed by atoms with Crippen LogP contribution < -0.4 is 11.1 Å². The van der Waals surface area contributed by atoms with Gasteiger partial charge in [-0.1, -0.05) is 6.08 Å². The van der Waals surface area contributed by atoms with Crippen LogP contribution in [0.25, 0.3) is 0 Å². The lowest BCUT2D eigenvalue weighted by Gasteiger charge is -2.40. The number of hydrogen-bond acceptors (Lipinski definition) is 3. The molecule has 1 unspecified atom stereocenters. The van der Waals surface area contributed by atoms with Gasteiger partial charge in [0.25, 0.3) is 0 Å². The molecule has 1 atom stereocenters. The van der Waals surface area contributed by atoms with Crippen LogP contribution in [0.4, 0.5) is 0 Å². The molecule has 3 aliphatic rings. The molecular weight excluding hydrogens is 174 g/mol. The van der Waals surface area contributed by atoms with E-state index in [0.29, 0.717) is 17.6 Å². The van der Waals surface area contributed by atoms with Gasteiger partial charge in [0.05, 0.1) is 6.17 Å². The monoisotopic (exact) mass is 193 g/mol. The lowest BCUT2D eigenvalue weighted by molar-refractivity contribution is 0.134. The molecule has 1 saturated carbocycles. The maximum atomic E-state index is 5.96. The fourth-order valence-corrected chi connectivity index (χ4v) is 3.22. The molecule has 3 heteroatoms. The molecule has 1 spiro atoms. The second-order valence-electron chi connectivity index (χ2n) is 4.98. The Morgan fingerprint density at radius 1 is 1.36 bits per heavy atom. The minimum atomic E-state index is 0.409. The van der Waals surface area contributed by atoms with E-state index in [1.54, 1.807) is 0 Å². The Balaban J connectivity index is 1.80. The molecule has 78 valence electrons. The molecular formula is C11H19N3. The van der Waals surface area contributed by atoms with E-state index in [-0.39, 0.29) is 0 Å². The predicted octanol–water partition coefficient (Wildman–Crippen LogP) is 0.633. The van der Waals surface area contributed by atoms with Crippen LogP contribution in [0.3, 0.4) is 0 Å². The molecule has 3 N–H and O–H groups in total. The van der Waals surface area contributed by atoms with E-state index >= 15 is 0 Å². The Labute approximate surface area is 85.3 Å². The van der Waals surface area contributed by atoms with Gasteiger partial charge in [0, 0.05) is 24.5 Å². The summed E-state index contributed by atoms with van der Waals surface area (Å²) in [5.41, 5.74) is 6.37. The van der Waals surface area contributed by atoms with Crippen LogP contribution >= 0.6 is 0 Å². The Bertz CT molecular complexity index is 253. The van der Waals surface area contributed by atoms with E-state index in [4.69, 9.17) is 5.73 Å². The van der Waals surface area contributed by atoms with Crippen LogP contribution in [0.15, 0.2) is 12.3 Å². The quantitative estimate of drug-likeness (QED) is 0.593. The van der Waals surface area contributed by atoms with Crippen molar-refractivity contribution in [1.82, 2.24) is 10.2 Å². The topological polar surface area (TPSA) is 41.3 Å². The molecule has 2 fully saturated rings. The number of nitrogens with zero attached hydrogens (tertiary/aromatic N) is 1. The number of rotatable bonds is 0. The van der Waals surface area contributed by atoms with Crippen molar-refractivity contribution in [1.29, 1.82) is 0 Å². The molecule has 0 aromatic carbocycles. The number of nitrogens with one attached hydrogen (secondary N) is 1. The highest BCUT2D eigenvalue weighted by atomic mass is 15.3. The lowest BCUT2D eigenvalue weighted by Crippen LogP contribution is -2.47. The fraction of sp³-hybridized carbons (Fsp3) is 0.818. The van der Waals surface area contributed by atoms with E-state index in [1.807, 2.05) is 0 Å². The summed E-state index contributed by atoms with van der Waals surface area (Å²) in [6.45, 7) is 2.32. The molecule has 0 aromatic rings. The minimum absolute atomic E-state index is 0.409. The van der Waals surface area contributed by atoms with Gasteiger partial charge in [-0.05, 0) is 31.9 Å². The zero-order valence-electron chi connectivity index (χ0n) is 8.58. The third kappa shape index (κ3) is 1.12. The summed E-state index contributed by atoms with van der Waals surface area (Å²) in [5.74, 6) is 0. The first-order valence-corrected chi connectivity index (χ1v) is 5.74. The van der Waals surface area contributed by atoms with Crippen LogP contribution in [0.1, 0.15) is 25.7 Å². The minimum Gasteiger partial charge on any atom is -0.360 e.